The van der Waals surface area contributed by atoms with Gasteiger partial charge < -0.3 is 0 Å². The predicted molar refractivity (Wildman–Crippen MR) is 84.6 cm³/mol. The molecule has 0 amide bonds. The number of sulfone groups is 1. The maximum absolute atomic E-state index is 12.1. The molecule has 0 aliphatic carbocycles. The van der Waals surface area contributed by atoms with E-state index in [4.69, 9.17) is 0 Å². The molecular weight excluding hydrogens is 270 g/mol. The number of rotatable bonds is 4. The fraction of sp³-hybridized carbons (Fsp3) is 0.312. The monoisotopic (exact) mass is 293 g/mol. The Bertz CT molecular complexity index is 610. The van der Waals surface area contributed by atoms with Crippen LogP contribution in [-0.2, 0) is 16.3 Å². The van der Waals surface area contributed by atoms with Crippen molar-refractivity contribution in [2.24, 2.45) is 0 Å². The van der Waals surface area contributed by atoms with Crippen LogP contribution in [0.15, 0.2) is 53.6 Å². The van der Waals surface area contributed by atoms with E-state index >= 15 is 0 Å². The molecule has 3 nitrogen and oxygen atoms in total. The number of hydrogen-bond donors (Lipinski definition) is 0. The Morgan fingerprint density at radius 1 is 1.05 bits per heavy atom. The second kappa shape index (κ2) is 7.80. The van der Waals surface area contributed by atoms with Crippen LogP contribution in [0.3, 0.4) is 0 Å². The van der Waals surface area contributed by atoms with Gasteiger partial charge in [-0.25, -0.2) is 8.42 Å². The first-order valence-electron chi connectivity index (χ1n) is 6.77. The van der Waals surface area contributed by atoms with Crippen molar-refractivity contribution < 1.29 is 9.84 Å². The molecule has 0 saturated carbocycles. The van der Waals surface area contributed by atoms with Gasteiger partial charge in [-0.05, 0) is 31.2 Å². The Balaban J connectivity index is 0.00000128. The van der Waals surface area contributed by atoms with Crippen molar-refractivity contribution >= 4 is 9.84 Å². The van der Waals surface area contributed by atoms with Crippen LogP contribution in [0.25, 0.3) is 0 Å². The zero-order valence-corrected chi connectivity index (χ0v) is 13.0. The summed E-state index contributed by atoms with van der Waals surface area (Å²) in [6.45, 7) is 5.93. The maximum Gasteiger partial charge on any atom is 0.178 e. The van der Waals surface area contributed by atoms with Crippen LogP contribution in [0, 0.1) is 6.92 Å². The van der Waals surface area contributed by atoms with Gasteiger partial charge in [0.1, 0.15) is 0 Å². The minimum atomic E-state index is -3.22. The topological polar surface area (TPSA) is 47.0 Å². The van der Waals surface area contributed by atoms with Crippen molar-refractivity contribution in [1.82, 2.24) is 4.98 Å². The molecule has 20 heavy (non-hydrogen) atoms. The quantitative estimate of drug-likeness (QED) is 0.864. The molecule has 0 fully saturated rings. The van der Waals surface area contributed by atoms with Gasteiger partial charge >= 0.3 is 0 Å². The van der Waals surface area contributed by atoms with Crippen LogP contribution < -0.4 is 0 Å². The number of aryl methyl sites for hydroxylation is 2. The van der Waals surface area contributed by atoms with Crippen LogP contribution in [0.4, 0.5) is 0 Å². The van der Waals surface area contributed by atoms with E-state index in [1.165, 1.54) is 0 Å². The summed E-state index contributed by atoms with van der Waals surface area (Å²) in [7, 11) is -3.22. The lowest BCUT2D eigenvalue weighted by atomic mass is 10.2. The van der Waals surface area contributed by atoms with Crippen molar-refractivity contribution in [1.29, 1.82) is 0 Å². The molecule has 0 N–H and O–H groups in total. The number of hydrogen-bond acceptors (Lipinski definition) is 3. The molecule has 2 rings (SSSR count). The lowest BCUT2D eigenvalue weighted by Crippen LogP contribution is -2.09. The fourth-order valence-electron chi connectivity index (χ4n) is 1.65. The van der Waals surface area contributed by atoms with Crippen molar-refractivity contribution in [3.63, 3.8) is 0 Å². The Morgan fingerprint density at radius 3 is 2.25 bits per heavy atom. The summed E-state index contributed by atoms with van der Waals surface area (Å²) in [4.78, 5) is 4.50. The maximum atomic E-state index is 12.1. The molecular formula is C16H23NO2S. The van der Waals surface area contributed by atoms with Crippen molar-refractivity contribution in [3.05, 3.63) is 59.9 Å². The van der Waals surface area contributed by atoms with Crippen molar-refractivity contribution in [3.8, 4) is 0 Å². The molecule has 0 saturated heterocycles. The van der Waals surface area contributed by atoms with Gasteiger partial charge in [-0.2, -0.15) is 0 Å². The zero-order valence-electron chi connectivity index (χ0n) is 12.2. The van der Waals surface area contributed by atoms with Gasteiger partial charge in [0, 0.05) is 19.7 Å². The number of nitrogens with zero attached hydrogens (tertiary/aromatic N) is 1. The van der Waals surface area contributed by atoms with Gasteiger partial charge in [-0.1, -0.05) is 37.6 Å². The molecule has 110 valence electrons. The lowest BCUT2D eigenvalue weighted by Gasteiger charge is -2.04. The summed E-state index contributed by atoms with van der Waals surface area (Å²) in [6, 6.07) is 12.5. The summed E-state index contributed by atoms with van der Waals surface area (Å²) < 4.78 is 24.2. The highest BCUT2D eigenvalue weighted by molar-refractivity contribution is 7.91. The molecule has 0 unspecified atom stereocenters. The molecule has 0 radical (unpaired) electrons. The number of benzene rings is 1. The highest BCUT2D eigenvalue weighted by Crippen LogP contribution is 2.13. The van der Waals surface area contributed by atoms with Gasteiger partial charge in [-0.3, -0.25) is 4.98 Å². The minimum absolute atomic E-state index is 0. The first kappa shape index (κ1) is 16.4. The third-order valence-corrected chi connectivity index (χ3v) is 4.47. The first-order valence-corrected chi connectivity index (χ1v) is 8.42. The van der Waals surface area contributed by atoms with E-state index in [1.54, 1.807) is 18.3 Å². The molecule has 2 aromatic rings. The second-order valence-electron chi connectivity index (χ2n) is 4.20. The summed E-state index contributed by atoms with van der Waals surface area (Å²) in [6.07, 6.45) is 2.12. The predicted octanol–water partition coefficient (Wildman–Crippen LogP) is 3.68. The van der Waals surface area contributed by atoms with E-state index in [1.807, 2.05) is 51.1 Å². The Morgan fingerprint density at radius 2 is 1.70 bits per heavy atom. The van der Waals surface area contributed by atoms with Crippen LogP contribution >= 0.6 is 0 Å². The van der Waals surface area contributed by atoms with E-state index in [9.17, 15) is 8.42 Å². The second-order valence-corrected chi connectivity index (χ2v) is 6.31. The van der Waals surface area contributed by atoms with E-state index in [0.717, 1.165) is 11.3 Å². The highest BCUT2D eigenvalue weighted by Gasteiger charge is 2.14. The Labute approximate surface area is 123 Å². The van der Waals surface area contributed by atoms with Gasteiger partial charge in [0.15, 0.2) is 9.84 Å². The van der Waals surface area contributed by atoms with Crippen LogP contribution in [0.2, 0.25) is 0 Å². The molecule has 4 heteroatoms. The highest BCUT2D eigenvalue weighted by atomic mass is 32.2. The van der Waals surface area contributed by atoms with E-state index in [2.05, 4.69) is 4.98 Å². The van der Waals surface area contributed by atoms with Gasteiger partial charge in [0.05, 0.1) is 10.6 Å². The van der Waals surface area contributed by atoms with Crippen LogP contribution in [-0.4, -0.2) is 19.2 Å². The van der Waals surface area contributed by atoms with Gasteiger partial charge in [-0.15, -0.1) is 0 Å². The molecule has 0 aliphatic rings. The first-order chi connectivity index (χ1) is 9.58. The molecule has 0 aliphatic heterocycles. The van der Waals surface area contributed by atoms with Crippen LogP contribution in [0.1, 0.15) is 26.5 Å². The molecule has 1 heterocycles. The van der Waals surface area contributed by atoms with Crippen molar-refractivity contribution in [2.45, 2.75) is 32.1 Å². The summed E-state index contributed by atoms with van der Waals surface area (Å²) in [5, 5.41) is 0. The normalized spacial score (nSPS) is 10.6. The standard InChI is InChI=1S/C14H15NO2S.C2H6.H2/c1-12-5-7-14(8-6-12)18(16,17)11-9-13-4-2-3-10-15-13;1-2;/h2-8,10H,9,11H2,1H3;1-2H3;1H. The third-order valence-electron chi connectivity index (χ3n) is 2.73. The lowest BCUT2D eigenvalue weighted by molar-refractivity contribution is 0.595. The van der Waals surface area contributed by atoms with Gasteiger partial charge in [0.25, 0.3) is 0 Å². The smallest absolute Gasteiger partial charge is 0.178 e. The third kappa shape index (κ3) is 4.78. The molecule has 0 atom stereocenters. The summed E-state index contributed by atoms with van der Waals surface area (Å²) in [5.74, 6) is 0.0904. The molecule has 0 bridgehead atoms. The molecule has 0 spiro atoms. The average Bonchev–Trinajstić information content (AvgIpc) is 2.49. The SMILES string of the molecule is CC.Cc1ccc(S(=O)(=O)CCc2ccccn2)cc1.[HH]. The Hall–Kier alpha value is -1.68. The summed E-state index contributed by atoms with van der Waals surface area (Å²) >= 11 is 0. The average molecular weight is 293 g/mol. The number of pyridine rings is 1. The number of aromatic nitrogens is 1. The molecule has 1 aromatic heterocycles. The van der Waals surface area contributed by atoms with E-state index in [-0.39, 0.29) is 7.18 Å². The molecule has 1 aromatic carbocycles. The Kier molecular flexibility index (Phi) is 6.39. The summed E-state index contributed by atoms with van der Waals surface area (Å²) in [5.41, 5.74) is 1.85. The van der Waals surface area contributed by atoms with Gasteiger partial charge in [0.2, 0.25) is 0 Å². The minimum Gasteiger partial charge on any atom is -0.261 e. The van der Waals surface area contributed by atoms with Crippen molar-refractivity contribution in [2.75, 3.05) is 5.75 Å². The largest absolute Gasteiger partial charge is 0.261 e. The van der Waals surface area contributed by atoms with E-state index in [0.29, 0.717) is 11.3 Å². The zero-order chi connectivity index (χ0) is 15.0. The van der Waals surface area contributed by atoms with E-state index < -0.39 is 9.84 Å². The fourth-order valence-corrected chi connectivity index (χ4v) is 2.91. The van der Waals surface area contributed by atoms with Crippen LogP contribution in [0.5, 0.6) is 0 Å².